The van der Waals surface area contributed by atoms with E-state index in [1.54, 1.807) is 0 Å². The fourth-order valence-corrected chi connectivity index (χ4v) is 2.27. The van der Waals surface area contributed by atoms with Crippen LogP contribution >= 0.6 is 55.1 Å². The van der Waals surface area contributed by atoms with Crippen LogP contribution in [-0.4, -0.2) is 55.5 Å². The summed E-state index contributed by atoms with van der Waals surface area (Å²) in [5, 5.41) is -12.8. The molecular formula is C10Br2Cl2F18. The Hall–Kier alpha value is 0.280. The van der Waals surface area contributed by atoms with Crippen molar-refractivity contribution in [2.45, 2.75) is 55.5 Å². The SMILES string of the molecule is FC(F)(Cl)C(F)(Br)C(F)(F)C(F)(F)C(F)(F)C(F)(F)C(F)(F)C(F)(F)C(F)(Br)C(F)(F)Cl. The van der Waals surface area contributed by atoms with E-state index in [1.165, 1.54) is 0 Å². The van der Waals surface area contributed by atoms with Crippen molar-refractivity contribution in [2.75, 3.05) is 0 Å². The number of hydrogen-bond donors (Lipinski definition) is 0. The van der Waals surface area contributed by atoms with E-state index >= 15 is 0 Å². The molecule has 0 spiro atoms. The summed E-state index contributed by atoms with van der Waals surface area (Å²) in [5.41, 5.74) is 0. The fourth-order valence-electron chi connectivity index (χ4n) is 1.54. The Labute approximate surface area is 189 Å². The summed E-state index contributed by atoms with van der Waals surface area (Å²) in [5.74, 6) is -50.2. The first-order valence-corrected chi connectivity index (χ1v) is 8.75. The van der Waals surface area contributed by atoms with Crippen LogP contribution in [0.25, 0.3) is 0 Å². The largest absolute Gasteiger partial charge is 0.384 e. The zero-order valence-corrected chi connectivity index (χ0v) is 18.0. The van der Waals surface area contributed by atoms with Crippen molar-refractivity contribution in [1.82, 2.24) is 0 Å². The lowest BCUT2D eigenvalue weighted by Gasteiger charge is -2.45. The predicted octanol–water partition coefficient (Wildman–Crippen LogP) is 8.58. The normalized spacial score (nSPS) is 20.1. The topological polar surface area (TPSA) is 0 Å². The van der Waals surface area contributed by atoms with E-state index in [-0.39, 0.29) is 0 Å². The first kappa shape index (κ1) is 32.3. The third kappa shape index (κ3) is 3.93. The van der Waals surface area contributed by atoms with Crippen molar-refractivity contribution >= 4 is 55.1 Å². The molecule has 0 saturated carbocycles. The molecule has 0 fully saturated rings. The average molecular weight is 693 g/mol. The zero-order chi connectivity index (χ0) is 27.0. The van der Waals surface area contributed by atoms with Crippen LogP contribution in [0.5, 0.6) is 0 Å². The lowest BCUT2D eigenvalue weighted by Crippen LogP contribution is -2.76. The molecule has 0 bridgehead atoms. The summed E-state index contributed by atoms with van der Waals surface area (Å²) in [4.78, 5) is 0. The van der Waals surface area contributed by atoms with Crippen molar-refractivity contribution in [2.24, 2.45) is 0 Å². The predicted molar refractivity (Wildman–Crippen MR) is 76.8 cm³/mol. The van der Waals surface area contributed by atoms with Crippen molar-refractivity contribution in [1.29, 1.82) is 0 Å². The highest BCUT2D eigenvalue weighted by molar-refractivity contribution is 9.10. The number of halogens is 22. The highest BCUT2D eigenvalue weighted by Gasteiger charge is 2.96. The van der Waals surface area contributed by atoms with E-state index < -0.39 is 55.5 Å². The van der Waals surface area contributed by atoms with Crippen molar-refractivity contribution < 1.29 is 79.0 Å². The van der Waals surface area contributed by atoms with Crippen LogP contribution < -0.4 is 0 Å². The molecule has 0 aliphatic rings. The van der Waals surface area contributed by atoms with Gasteiger partial charge in [0.2, 0.25) is 0 Å². The van der Waals surface area contributed by atoms with Gasteiger partial charge >= 0.3 is 55.5 Å². The first-order valence-electron chi connectivity index (χ1n) is 6.41. The van der Waals surface area contributed by atoms with Crippen LogP contribution in [0.15, 0.2) is 0 Å². The van der Waals surface area contributed by atoms with E-state index in [0.29, 0.717) is 31.9 Å². The van der Waals surface area contributed by atoms with Crippen LogP contribution in [0.3, 0.4) is 0 Å². The zero-order valence-electron chi connectivity index (χ0n) is 13.3. The maximum absolute atomic E-state index is 13.5. The Bertz CT molecular complexity index is 646. The molecule has 0 amide bonds. The van der Waals surface area contributed by atoms with Crippen LogP contribution in [0.4, 0.5) is 79.0 Å². The van der Waals surface area contributed by atoms with Crippen LogP contribution in [0.1, 0.15) is 0 Å². The number of hydrogen-bond acceptors (Lipinski definition) is 0. The molecule has 0 aliphatic carbocycles. The van der Waals surface area contributed by atoms with Crippen LogP contribution in [-0.2, 0) is 0 Å². The lowest BCUT2D eigenvalue weighted by atomic mass is 9.88. The maximum atomic E-state index is 13.5. The highest BCUT2D eigenvalue weighted by atomic mass is 79.9. The van der Waals surface area contributed by atoms with Crippen molar-refractivity contribution in [3.8, 4) is 0 Å². The van der Waals surface area contributed by atoms with Crippen molar-refractivity contribution in [3.63, 3.8) is 0 Å². The molecule has 32 heavy (non-hydrogen) atoms. The minimum atomic E-state index is -8.70. The first-order chi connectivity index (χ1) is 13.2. The third-order valence-electron chi connectivity index (χ3n) is 3.47. The standard InChI is InChI=1S/C10Br2Cl2F18/c11-1(15,9(13,29)30)3(17,18)5(21,22)7(25,26)8(27,28)6(23,24)4(19,20)2(12,16)10(14,31)32. The van der Waals surface area contributed by atoms with Gasteiger partial charge in [-0.1, -0.05) is 0 Å². The molecule has 2 atom stereocenters. The smallest absolute Gasteiger partial charge is 0.216 e. The summed E-state index contributed by atoms with van der Waals surface area (Å²) < 4.78 is 225. The monoisotopic (exact) mass is 690 g/mol. The molecule has 0 saturated heterocycles. The molecule has 0 aromatic carbocycles. The minimum absolute atomic E-state index is 0.390. The molecular weight excluding hydrogens is 693 g/mol. The van der Waals surface area contributed by atoms with Crippen LogP contribution in [0.2, 0.25) is 0 Å². The Kier molecular flexibility index (Phi) is 7.96. The van der Waals surface area contributed by atoms with Gasteiger partial charge in [0, 0.05) is 0 Å². The fraction of sp³-hybridized carbons (Fsp3) is 1.00. The molecule has 0 radical (unpaired) electrons. The molecule has 194 valence electrons. The molecule has 0 aromatic heterocycles. The molecule has 0 aliphatic heterocycles. The van der Waals surface area contributed by atoms with E-state index in [2.05, 4.69) is 23.2 Å². The van der Waals surface area contributed by atoms with Gasteiger partial charge in [-0.25, -0.2) is 8.78 Å². The molecule has 0 heterocycles. The highest BCUT2D eigenvalue weighted by Crippen LogP contribution is 2.67. The van der Waals surface area contributed by atoms with Gasteiger partial charge < -0.3 is 0 Å². The minimum Gasteiger partial charge on any atom is -0.216 e. The Morgan fingerprint density at radius 2 is 0.438 bits per heavy atom. The second kappa shape index (κ2) is 7.89. The summed E-state index contributed by atoms with van der Waals surface area (Å²) in [7, 11) is 0. The van der Waals surface area contributed by atoms with Gasteiger partial charge in [0.05, 0.1) is 0 Å². The summed E-state index contributed by atoms with van der Waals surface area (Å²) >= 11 is 8.04. The van der Waals surface area contributed by atoms with E-state index in [1.807, 2.05) is 0 Å². The van der Waals surface area contributed by atoms with Gasteiger partial charge in [-0.05, 0) is 55.1 Å². The molecule has 22 heteroatoms. The number of alkyl halides is 22. The quantitative estimate of drug-likeness (QED) is 0.168. The lowest BCUT2D eigenvalue weighted by molar-refractivity contribution is -0.440. The summed E-state index contributed by atoms with van der Waals surface area (Å²) in [6.07, 6.45) is 0. The van der Waals surface area contributed by atoms with Crippen LogP contribution in [0, 0.1) is 0 Å². The molecule has 2 unspecified atom stereocenters. The Balaban J connectivity index is 7.00. The van der Waals surface area contributed by atoms with Gasteiger partial charge in [-0.2, -0.15) is 70.2 Å². The second-order valence-corrected chi connectivity index (χ2v) is 8.73. The molecule has 0 nitrogen and oxygen atoms in total. The van der Waals surface area contributed by atoms with Gasteiger partial charge in [-0.3, -0.25) is 0 Å². The maximum Gasteiger partial charge on any atom is 0.384 e. The van der Waals surface area contributed by atoms with Gasteiger partial charge in [0.15, 0.2) is 0 Å². The van der Waals surface area contributed by atoms with E-state index in [9.17, 15) is 79.0 Å². The summed E-state index contributed by atoms with van der Waals surface area (Å²) in [6, 6.07) is 0. The van der Waals surface area contributed by atoms with E-state index in [0.717, 1.165) is 0 Å². The molecule has 0 N–H and O–H groups in total. The molecule has 0 rings (SSSR count). The molecule has 0 aromatic rings. The third-order valence-corrected chi connectivity index (χ3v) is 6.44. The average Bonchev–Trinajstić information content (AvgIpc) is 2.51. The van der Waals surface area contributed by atoms with Gasteiger partial charge in [0.25, 0.3) is 0 Å². The van der Waals surface area contributed by atoms with Gasteiger partial charge in [-0.15, -0.1) is 0 Å². The Morgan fingerprint density at radius 3 is 0.562 bits per heavy atom. The van der Waals surface area contributed by atoms with E-state index in [4.69, 9.17) is 0 Å². The number of rotatable bonds is 9. The summed E-state index contributed by atoms with van der Waals surface area (Å²) in [6.45, 7) is 0. The Morgan fingerprint density at radius 1 is 0.312 bits per heavy atom. The second-order valence-electron chi connectivity index (χ2n) is 5.59. The van der Waals surface area contributed by atoms with Crippen molar-refractivity contribution in [3.05, 3.63) is 0 Å². The van der Waals surface area contributed by atoms with Gasteiger partial charge in [0.1, 0.15) is 0 Å².